The van der Waals surface area contributed by atoms with Gasteiger partial charge in [-0.3, -0.25) is 0 Å². The molecule has 2 aromatic rings. The molecule has 3 heteroatoms. The van der Waals surface area contributed by atoms with Crippen LogP contribution in [0.2, 0.25) is 0 Å². The average molecular weight is 217 g/mol. The fourth-order valence-electron chi connectivity index (χ4n) is 2.08. The van der Waals surface area contributed by atoms with Gasteiger partial charge in [0, 0.05) is 23.1 Å². The van der Waals surface area contributed by atoms with Crippen LogP contribution < -0.4 is 0 Å². The highest BCUT2D eigenvalue weighted by Gasteiger charge is 2.16. The lowest BCUT2D eigenvalue weighted by atomic mass is 10.1. The molecule has 0 fully saturated rings. The summed E-state index contributed by atoms with van der Waals surface area (Å²) < 4.78 is 2.01. The molecule has 16 heavy (non-hydrogen) atoms. The van der Waals surface area contributed by atoms with Crippen molar-refractivity contribution in [1.82, 2.24) is 4.57 Å². The van der Waals surface area contributed by atoms with Crippen molar-refractivity contribution in [3.8, 4) is 0 Å². The maximum atomic E-state index is 11.2. The third-order valence-corrected chi connectivity index (χ3v) is 2.85. The minimum absolute atomic E-state index is 0.261. The molecule has 1 aromatic carbocycles. The Labute approximate surface area is 94.3 Å². The average Bonchev–Trinajstić information content (AvgIpc) is 2.58. The molecule has 0 bridgehead atoms. The van der Waals surface area contributed by atoms with Crippen LogP contribution in [0.15, 0.2) is 24.4 Å². The highest BCUT2D eigenvalue weighted by atomic mass is 16.4. The largest absolute Gasteiger partial charge is 0.478 e. The molecular weight excluding hydrogens is 202 g/mol. The summed E-state index contributed by atoms with van der Waals surface area (Å²) in [6.45, 7) is 6.04. The number of aromatic carboxylic acids is 1. The smallest absolute Gasteiger partial charge is 0.337 e. The summed E-state index contributed by atoms with van der Waals surface area (Å²) >= 11 is 0. The third-order valence-electron chi connectivity index (χ3n) is 2.85. The molecule has 0 saturated heterocycles. The van der Waals surface area contributed by atoms with E-state index in [-0.39, 0.29) is 6.04 Å². The van der Waals surface area contributed by atoms with Crippen molar-refractivity contribution >= 4 is 16.9 Å². The molecule has 1 heterocycles. The molecule has 84 valence electrons. The van der Waals surface area contributed by atoms with Crippen LogP contribution in [0.4, 0.5) is 0 Å². The molecular formula is C13H15NO2. The summed E-state index contributed by atoms with van der Waals surface area (Å²) in [7, 11) is 0. The first-order valence-electron chi connectivity index (χ1n) is 5.36. The van der Waals surface area contributed by atoms with Crippen LogP contribution in [0.1, 0.15) is 35.8 Å². The van der Waals surface area contributed by atoms with Gasteiger partial charge < -0.3 is 9.67 Å². The maximum absolute atomic E-state index is 11.2. The van der Waals surface area contributed by atoms with Crippen LogP contribution in [0.5, 0.6) is 0 Å². The number of hydrogen-bond donors (Lipinski definition) is 1. The molecule has 1 aromatic heterocycles. The number of fused-ring (bicyclic) bond motifs is 1. The van der Waals surface area contributed by atoms with Gasteiger partial charge in [-0.1, -0.05) is 12.1 Å². The highest BCUT2D eigenvalue weighted by molar-refractivity contribution is 6.04. The highest BCUT2D eigenvalue weighted by Crippen LogP contribution is 2.27. The van der Waals surface area contributed by atoms with Gasteiger partial charge >= 0.3 is 5.97 Å². The Balaban J connectivity index is 2.87. The van der Waals surface area contributed by atoms with Crippen molar-refractivity contribution in [2.24, 2.45) is 0 Å². The van der Waals surface area contributed by atoms with Crippen molar-refractivity contribution in [2.75, 3.05) is 0 Å². The summed E-state index contributed by atoms with van der Waals surface area (Å²) in [4.78, 5) is 11.2. The summed E-state index contributed by atoms with van der Waals surface area (Å²) in [5.41, 5.74) is 2.39. The molecule has 0 unspecified atom stereocenters. The Morgan fingerprint density at radius 1 is 1.38 bits per heavy atom. The van der Waals surface area contributed by atoms with E-state index < -0.39 is 5.97 Å². The second-order valence-electron chi connectivity index (χ2n) is 4.32. The van der Waals surface area contributed by atoms with Crippen LogP contribution >= 0.6 is 0 Å². The van der Waals surface area contributed by atoms with Crippen molar-refractivity contribution < 1.29 is 9.90 Å². The van der Waals surface area contributed by atoms with Crippen LogP contribution in [0.3, 0.4) is 0 Å². The van der Waals surface area contributed by atoms with Crippen molar-refractivity contribution in [1.29, 1.82) is 0 Å². The predicted molar refractivity (Wildman–Crippen MR) is 64.0 cm³/mol. The number of benzene rings is 1. The maximum Gasteiger partial charge on any atom is 0.337 e. The third kappa shape index (κ3) is 1.48. The van der Waals surface area contributed by atoms with Gasteiger partial charge in [-0.15, -0.1) is 0 Å². The number of carboxylic acids is 1. The lowest BCUT2D eigenvalue weighted by molar-refractivity contribution is 0.0698. The summed E-state index contributed by atoms with van der Waals surface area (Å²) in [5.74, 6) is -0.862. The van der Waals surface area contributed by atoms with E-state index >= 15 is 0 Å². The van der Waals surface area contributed by atoms with Crippen LogP contribution in [-0.2, 0) is 0 Å². The zero-order valence-electron chi connectivity index (χ0n) is 9.69. The van der Waals surface area contributed by atoms with Gasteiger partial charge in [-0.25, -0.2) is 4.79 Å². The van der Waals surface area contributed by atoms with Gasteiger partial charge in [0.2, 0.25) is 0 Å². The van der Waals surface area contributed by atoms with E-state index in [1.165, 1.54) is 0 Å². The first kappa shape index (κ1) is 10.7. The number of nitrogens with zero attached hydrogens (tertiary/aromatic N) is 1. The van der Waals surface area contributed by atoms with E-state index in [0.717, 1.165) is 16.5 Å². The molecule has 3 nitrogen and oxygen atoms in total. The van der Waals surface area contributed by atoms with E-state index in [1.54, 1.807) is 6.20 Å². The second-order valence-corrected chi connectivity index (χ2v) is 4.32. The summed E-state index contributed by atoms with van der Waals surface area (Å²) in [6, 6.07) is 6.13. The van der Waals surface area contributed by atoms with Crippen molar-refractivity contribution in [3.05, 3.63) is 35.5 Å². The molecule has 0 aliphatic carbocycles. The second kappa shape index (κ2) is 3.67. The Kier molecular flexibility index (Phi) is 2.46. The van der Waals surface area contributed by atoms with Gasteiger partial charge in [0.15, 0.2) is 0 Å². The monoisotopic (exact) mass is 217 g/mol. The zero-order chi connectivity index (χ0) is 11.9. The zero-order valence-corrected chi connectivity index (χ0v) is 9.69. The van der Waals surface area contributed by atoms with E-state index in [9.17, 15) is 9.90 Å². The van der Waals surface area contributed by atoms with Crippen LogP contribution in [0, 0.1) is 6.92 Å². The normalized spacial score (nSPS) is 11.2. The predicted octanol–water partition coefficient (Wildman–Crippen LogP) is 3.23. The van der Waals surface area contributed by atoms with Crippen molar-refractivity contribution in [3.63, 3.8) is 0 Å². The van der Waals surface area contributed by atoms with Gasteiger partial charge in [-0.05, 0) is 32.4 Å². The van der Waals surface area contributed by atoms with Gasteiger partial charge in [0.25, 0.3) is 0 Å². The molecule has 0 spiro atoms. The first-order valence-corrected chi connectivity index (χ1v) is 5.36. The number of carboxylic acid groups (broad SMARTS) is 1. The molecule has 0 atom stereocenters. The quantitative estimate of drug-likeness (QED) is 0.839. The number of rotatable bonds is 2. The fourth-order valence-corrected chi connectivity index (χ4v) is 2.08. The molecule has 2 rings (SSSR count). The number of carbonyl (C=O) groups is 1. The summed E-state index contributed by atoms with van der Waals surface area (Å²) in [6.07, 6.45) is 1.73. The summed E-state index contributed by atoms with van der Waals surface area (Å²) in [5, 5.41) is 10.0. The van der Waals surface area contributed by atoms with E-state index in [1.807, 2.05) is 43.5 Å². The molecule has 0 amide bonds. The molecule has 1 N–H and O–H groups in total. The minimum atomic E-state index is -0.862. The Morgan fingerprint density at radius 3 is 2.62 bits per heavy atom. The lowest BCUT2D eigenvalue weighted by Crippen LogP contribution is -1.98. The Morgan fingerprint density at radius 2 is 2.06 bits per heavy atom. The molecule has 0 aliphatic heterocycles. The number of hydrogen-bond acceptors (Lipinski definition) is 1. The molecule has 0 saturated carbocycles. The Hall–Kier alpha value is -1.77. The fraction of sp³-hybridized carbons (Fsp3) is 0.308. The standard InChI is InChI=1S/C13H15NO2/c1-8(2)14-7-10(13(15)16)12-9(3)5-4-6-11(12)14/h4-8H,1-3H3,(H,15,16). The molecule has 0 aliphatic rings. The SMILES string of the molecule is Cc1cccc2c1c(C(=O)O)cn2C(C)C. The van der Waals surface area contributed by atoms with Crippen LogP contribution in [0.25, 0.3) is 10.9 Å². The molecule has 0 radical (unpaired) electrons. The number of aromatic nitrogens is 1. The minimum Gasteiger partial charge on any atom is -0.478 e. The van der Waals surface area contributed by atoms with Crippen LogP contribution in [-0.4, -0.2) is 15.6 Å². The van der Waals surface area contributed by atoms with E-state index in [4.69, 9.17) is 0 Å². The first-order chi connectivity index (χ1) is 7.52. The lowest BCUT2D eigenvalue weighted by Gasteiger charge is -2.08. The van der Waals surface area contributed by atoms with Crippen molar-refractivity contribution in [2.45, 2.75) is 26.8 Å². The number of aryl methyl sites for hydroxylation is 1. The van der Waals surface area contributed by atoms with E-state index in [2.05, 4.69) is 0 Å². The van der Waals surface area contributed by atoms with Gasteiger partial charge in [-0.2, -0.15) is 0 Å². The van der Waals surface area contributed by atoms with Gasteiger partial charge in [0.1, 0.15) is 0 Å². The van der Waals surface area contributed by atoms with Gasteiger partial charge in [0.05, 0.1) is 5.56 Å². The Bertz CT molecular complexity index is 552. The topological polar surface area (TPSA) is 42.2 Å². The van der Waals surface area contributed by atoms with E-state index in [0.29, 0.717) is 5.56 Å².